The third-order valence-corrected chi connectivity index (χ3v) is 3.52. The predicted molar refractivity (Wildman–Crippen MR) is 65.9 cm³/mol. The summed E-state index contributed by atoms with van der Waals surface area (Å²) in [7, 11) is 1.31. The number of esters is 1. The summed E-state index contributed by atoms with van der Waals surface area (Å²) in [4.78, 5) is 23.6. The summed E-state index contributed by atoms with van der Waals surface area (Å²) in [5.74, 6) is -1.24. The molecule has 100 valence electrons. The molecule has 0 radical (unpaired) electrons. The van der Waals surface area contributed by atoms with Crippen LogP contribution in [0.15, 0.2) is 5.10 Å². The third-order valence-electron chi connectivity index (χ3n) is 3.52. The Morgan fingerprint density at radius 1 is 1.33 bits per heavy atom. The summed E-state index contributed by atoms with van der Waals surface area (Å²) >= 11 is 0. The molecule has 2 rings (SSSR count). The molecule has 1 fully saturated rings. The van der Waals surface area contributed by atoms with Crippen molar-refractivity contribution in [1.82, 2.24) is 10.7 Å². The Kier molecular flexibility index (Phi) is 4.17. The van der Waals surface area contributed by atoms with Crippen molar-refractivity contribution in [1.29, 1.82) is 0 Å². The Morgan fingerprint density at radius 2 is 2.06 bits per heavy atom. The van der Waals surface area contributed by atoms with Crippen molar-refractivity contribution in [2.24, 2.45) is 11.0 Å². The van der Waals surface area contributed by atoms with Gasteiger partial charge < -0.3 is 10.1 Å². The lowest BCUT2D eigenvalue weighted by Gasteiger charge is -2.25. The Morgan fingerprint density at radius 3 is 2.72 bits per heavy atom. The molecule has 0 aromatic carbocycles. The third kappa shape index (κ3) is 2.80. The zero-order valence-corrected chi connectivity index (χ0v) is 10.5. The molecule has 2 aliphatic rings. The van der Waals surface area contributed by atoms with E-state index in [0.717, 1.165) is 25.7 Å². The van der Waals surface area contributed by atoms with E-state index >= 15 is 0 Å². The second-order valence-corrected chi connectivity index (χ2v) is 4.78. The van der Waals surface area contributed by atoms with Crippen molar-refractivity contribution >= 4 is 18.1 Å². The fraction of sp³-hybridized carbons (Fsp3) is 0.750. The number of carbonyl (C=O) groups is 2. The number of amides is 1. The normalized spacial score (nSPS) is 27.6. The standard InChI is InChI=1S/C12H19N3O3/c1-18-12(17)9-7-13-15-10(9)11(16)14-8-5-3-2-4-6-8/h7-10,15H,2-6H2,1H3,(H,14,16)/t9-,10+/m0/s1. The highest BCUT2D eigenvalue weighted by Gasteiger charge is 2.37. The van der Waals surface area contributed by atoms with E-state index in [2.05, 4.69) is 20.6 Å². The maximum absolute atomic E-state index is 12.1. The van der Waals surface area contributed by atoms with Crippen molar-refractivity contribution in [2.45, 2.75) is 44.2 Å². The molecule has 1 aliphatic heterocycles. The number of hydrogen-bond donors (Lipinski definition) is 2. The molecule has 0 aromatic heterocycles. The van der Waals surface area contributed by atoms with Gasteiger partial charge in [-0.1, -0.05) is 19.3 Å². The van der Waals surface area contributed by atoms with E-state index in [1.165, 1.54) is 19.7 Å². The SMILES string of the molecule is COC(=O)[C@H]1C=NN[C@H]1C(=O)NC1CCCCC1. The van der Waals surface area contributed by atoms with Gasteiger partial charge in [-0.25, -0.2) is 0 Å². The molecular formula is C12H19N3O3. The lowest BCUT2D eigenvalue weighted by molar-refractivity contribution is -0.145. The first-order valence-corrected chi connectivity index (χ1v) is 6.39. The Labute approximate surface area is 106 Å². The van der Waals surface area contributed by atoms with Gasteiger partial charge in [0.05, 0.1) is 7.11 Å². The molecule has 0 unspecified atom stereocenters. The quantitative estimate of drug-likeness (QED) is 0.703. The Balaban J connectivity index is 1.90. The summed E-state index contributed by atoms with van der Waals surface area (Å²) in [5, 5.41) is 6.77. The number of hydrogen-bond acceptors (Lipinski definition) is 5. The van der Waals surface area contributed by atoms with E-state index in [4.69, 9.17) is 0 Å². The van der Waals surface area contributed by atoms with Crippen LogP contribution in [0.2, 0.25) is 0 Å². The number of ether oxygens (including phenoxy) is 1. The average Bonchev–Trinajstić information content (AvgIpc) is 2.88. The van der Waals surface area contributed by atoms with Crippen LogP contribution >= 0.6 is 0 Å². The van der Waals surface area contributed by atoms with Crippen molar-refractivity contribution in [3.8, 4) is 0 Å². The van der Waals surface area contributed by atoms with Gasteiger partial charge >= 0.3 is 5.97 Å². The summed E-state index contributed by atoms with van der Waals surface area (Å²) in [6.07, 6.45) is 7.00. The van der Waals surface area contributed by atoms with Crippen LogP contribution in [0, 0.1) is 5.92 Å². The van der Waals surface area contributed by atoms with Gasteiger partial charge in [0.25, 0.3) is 0 Å². The van der Waals surface area contributed by atoms with Gasteiger partial charge in [0.15, 0.2) is 0 Å². The lowest BCUT2D eigenvalue weighted by atomic mass is 9.94. The highest BCUT2D eigenvalue weighted by Crippen LogP contribution is 2.18. The largest absolute Gasteiger partial charge is 0.468 e. The summed E-state index contributed by atoms with van der Waals surface area (Å²) in [6, 6.07) is -0.411. The first-order chi connectivity index (χ1) is 8.72. The maximum Gasteiger partial charge on any atom is 0.316 e. The second-order valence-electron chi connectivity index (χ2n) is 4.78. The Hall–Kier alpha value is -1.59. The van der Waals surface area contributed by atoms with E-state index in [1.54, 1.807) is 0 Å². The van der Waals surface area contributed by atoms with Gasteiger partial charge in [-0.15, -0.1) is 0 Å². The molecule has 0 aromatic rings. The van der Waals surface area contributed by atoms with E-state index in [0.29, 0.717) is 0 Å². The molecule has 6 nitrogen and oxygen atoms in total. The number of carbonyl (C=O) groups excluding carboxylic acids is 2. The van der Waals surface area contributed by atoms with Gasteiger partial charge in [0, 0.05) is 12.3 Å². The van der Waals surface area contributed by atoms with Gasteiger partial charge in [0.1, 0.15) is 12.0 Å². The first-order valence-electron chi connectivity index (χ1n) is 6.39. The van der Waals surface area contributed by atoms with Crippen LogP contribution in [0.3, 0.4) is 0 Å². The highest BCUT2D eigenvalue weighted by atomic mass is 16.5. The fourth-order valence-electron chi connectivity index (χ4n) is 2.46. The van der Waals surface area contributed by atoms with Crippen molar-refractivity contribution in [3.63, 3.8) is 0 Å². The summed E-state index contributed by atoms with van der Waals surface area (Å²) in [5.41, 5.74) is 2.67. The zero-order valence-electron chi connectivity index (χ0n) is 10.5. The van der Waals surface area contributed by atoms with Crippen LogP contribution in [-0.2, 0) is 14.3 Å². The molecule has 18 heavy (non-hydrogen) atoms. The number of methoxy groups -OCH3 is 1. The highest BCUT2D eigenvalue weighted by molar-refractivity contribution is 5.99. The molecular weight excluding hydrogens is 234 g/mol. The first kappa shape index (κ1) is 12.9. The van der Waals surface area contributed by atoms with Crippen LogP contribution in [0.25, 0.3) is 0 Å². The van der Waals surface area contributed by atoms with Gasteiger partial charge in [0.2, 0.25) is 5.91 Å². The number of nitrogens with one attached hydrogen (secondary N) is 2. The molecule has 0 spiro atoms. The zero-order chi connectivity index (χ0) is 13.0. The molecule has 0 saturated heterocycles. The molecule has 1 amide bonds. The van der Waals surface area contributed by atoms with Gasteiger partial charge in [-0.3, -0.25) is 15.0 Å². The van der Waals surface area contributed by atoms with Crippen molar-refractivity contribution in [2.75, 3.05) is 7.11 Å². The van der Waals surface area contributed by atoms with Crippen LogP contribution in [0.4, 0.5) is 0 Å². The molecule has 1 aliphatic carbocycles. The van der Waals surface area contributed by atoms with Gasteiger partial charge in [-0.05, 0) is 12.8 Å². The average molecular weight is 253 g/mol. The van der Waals surface area contributed by atoms with Crippen LogP contribution in [-0.4, -0.2) is 37.3 Å². The van der Waals surface area contributed by atoms with Crippen molar-refractivity contribution in [3.05, 3.63) is 0 Å². The van der Waals surface area contributed by atoms with E-state index < -0.39 is 17.9 Å². The predicted octanol–water partition coefficient (Wildman–Crippen LogP) is 0.182. The minimum atomic E-state index is -0.639. The topological polar surface area (TPSA) is 79.8 Å². The molecule has 2 N–H and O–H groups in total. The van der Waals surface area contributed by atoms with E-state index in [9.17, 15) is 9.59 Å². The van der Waals surface area contributed by atoms with E-state index in [-0.39, 0.29) is 11.9 Å². The Bertz CT molecular complexity index is 350. The number of rotatable bonds is 3. The maximum atomic E-state index is 12.1. The fourth-order valence-corrected chi connectivity index (χ4v) is 2.46. The van der Waals surface area contributed by atoms with Crippen molar-refractivity contribution < 1.29 is 14.3 Å². The molecule has 6 heteroatoms. The summed E-state index contributed by atoms with van der Waals surface area (Å²) in [6.45, 7) is 0. The molecule has 2 atom stereocenters. The molecule has 0 bridgehead atoms. The minimum absolute atomic E-state index is 0.171. The minimum Gasteiger partial charge on any atom is -0.468 e. The lowest BCUT2D eigenvalue weighted by Crippen LogP contribution is -2.50. The number of nitrogens with zero attached hydrogens (tertiary/aromatic N) is 1. The van der Waals surface area contributed by atoms with Crippen LogP contribution in [0.5, 0.6) is 0 Å². The second kappa shape index (κ2) is 5.84. The van der Waals surface area contributed by atoms with Gasteiger partial charge in [-0.2, -0.15) is 5.10 Å². The molecule has 1 heterocycles. The molecule has 1 saturated carbocycles. The monoisotopic (exact) mass is 253 g/mol. The van der Waals surface area contributed by atoms with E-state index in [1.807, 2.05) is 0 Å². The van der Waals surface area contributed by atoms with Crippen LogP contribution in [0.1, 0.15) is 32.1 Å². The smallest absolute Gasteiger partial charge is 0.316 e. The number of hydrazone groups is 1. The summed E-state index contributed by atoms with van der Waals surface area (Å²) < 4.78 is 4.65. The van der Waals surface area contributed by atoms with Crippen LogP contribution < -0.4 is 10.7 Å².